The second kappa shape index (κ2) is 4.60. The summed E-state index contributed by atoms with van der Waals surface area (Å²) in [6.45, 7) is 5.14. The molecule has 0 amide bonds. The summed E-state index contributed by atoms with van der Waals surface area (Å²) >= 11 is 0. The minimum atomic E-state index is 0.286. The van der Waals surface area contributed by atoms with Gasteiger partial charge in [-0.25, -0.2) is 9.97 Å². The van der Waals surface area contributed by atoms with Crippen LogP contribution < -0.4 is 5.73 Å². The third-order valence-electron chi connectivity index (χ3n) is 4.42. The normalized spacial score (nSPS) is 17.9. The predicted octanol–water partition coefficient (Wildman–Crippen LogP) is 2.68. The van der Waals surface area contributed by atoms with Crippen LogP contribution in [0, 0.1) is 5.41 Å². The lowest BCUT2D eigenvalue weighted by atomic mass is 9.66. The Bertz CT molecular complexity index is 575. The second-order valence-corrected chi connectivity index (χ2v) is 6.07. The number of hydrogen-bond donors (Lipinski definition) is 1. The number of hydrogen-bond acceptors (Lipinski definition) is 3. The predicted molar refractivity (Wildman–Crippen MR) is 77.0 cm³/mol. The molecule has 102 valence electrons. The van der Waals surface area contributed by atoms with E-state index in [4.69, 9.17) is 10.7 Å². The standard InChI is InChI=1S/C15H22N4/c1-11(2)19-13(9-15(10-16)6-4-7-15)18-12-5-3-8-17-14(12)19/h3,5,8,11H,4,6-7,9-10,16H2,1-2H3. The summed E-state index contributed by atoms with van der Waals surface area (Å²) in [5, 5.41) is 0. The van der Waals surface area contributed by atoms with Crippen molar-refractivity contribution in [3.05, 3.63) is 24.2 Å². The molecular weight excluding hydrogens is 236 g/mol. The Kier molecular flexibility index (Phi) is 3.05. The summed E-state index contributed by atoms with van der Waals surface area (Å²) in [7, 11) is 0. The Morgan fingerprint density at radius 2 is 2.21 bits per heavy atom. The lowest BCUT2D eigenvalue weighted by Gasteiger charge is -2.41. The van der Waals surface area contributed by atoms with Crippen LogP contribution in [0.15, 0.2) is 18.3 Å². The molecule has 0 radical (unpaired) electrons. The highest BCUT2D eigenvalue weighted by atomic mass is 15.1. The Labute approximate surface area is 114 Å². The molecule has 0 saturated heterocycles. The largest absolute Gasteiger partial charge is 0.330 e. The van der Waals surface area contributed by atoms with Gasteiger partial charge in [0.25, 0.3) is 0 Å². The van der Waals surface area contributed by atoms with Crippen LogP contribution in [0.1, 0.15) is 45.0 Å². The second-order valence-electron chi connectivity index (χ2n) is 6.07. The van der Waals surface area contributed by atoms with Crippen LogP contribution in [-0.4, -0.2) is 21.1 Å². The first-order valence-electron chi connectivity index (χ1n) is 7.17. The van der Waals surface area contributed by atoms with Crippen LogP contribution in [0.3, 0.4) is 0 Å². The number of aromatic nitrogens is 3. The van der Waals surface area contributed by atoms with E-state index < -0.39 is 0 Å². The summed E-state index contributed by atoms with van der Waals surface area (Å²) in [6.07, 6.45) is 6.60. The highest BCUT2D eigenvalue weighted by Crippen LogP contribution is 2.43. The fourth-order valence-corrected chi connectivity index (χ4v) is 3.11. The molecular formula is C15H22N4. The van der Waals surface area contributed by atoms with Crippen LogP contribution in [0.5, 0.6) is 0 Å². The van der Waals surface area contributed by atoms with Gasteiger partial charge in [0.2, 0.25) is 0 Å². The minimum Gasteiger partial charge on any atom is -0.330 e. The fourth-order valence-electron chi connectivity index (χ4n) is 3.11. The van der Waals surface area contributed by atoms with Crippen molar-refractivity contribution in [1.29, 1.82) is 0 Å². The number of fused-ring (bicyclic) bond motifs is 1. The van der Waals surface area contributed by atoms with E-state index in [1.807, 2.05) is 18.3 Å². The van der Waals surface area contributed by atoms with Gasteiger partial charge in [-0.05, 0) is 50.8 Å². The van der Waals surface area contributed by atoms with Crippen molar-refractivity contribution in [2.24, 2.45) is 11.1 Å². The van der Waals surface area contributed by atoms with E-state index in [0.29, 0.717) is 6.04 Å². The summed E-state index contributed by atoms with van der Waals surface area (Å²) in [6, 6.07) is 4.37. The van der Waals surface area contributed by atoms with Crippen molar-refractivity contribution in [2.45, 2.75) is 45.6 Å². The number of nitrogens with two attached hydrogens (primary N) is 1. The van der Waals surface area contributed by atoms with Gasteiger partial charge in [0.15, 0.2) is 5.65 Å². The minimum absolute atomic E-state index is 0.286. The van der Waals surface area contributed by atoms with E-state index in [2.05, 4.69) is 23.4 Å². The van der Waals surface area contributed by atoms with E-state index >= 15 is 0 Å². The number of rotatable bonds is 4. The lowest BCUT2D eigenvalue weighted by Crippen LogP contribution is -2.40. The Hall–Kier alpha value is -1.42. The van der Waals surface area contributed by atoms with Gasteiger partial charge in [-0.2, -0.15) is 0 Å². The van der Waals surface area contributed by atoms with E-state index in [1.54, 1.807) is 0 Å². The van der Waals surface area contributed by atoms with Gasteiger partial charge in [-0.1, -0.05) is 6.42 Å². The molecule has 2 heterocycles. The van der Waals surface area contributed by atoms with Gasteiger partial charge in [0.05, 0.1) is 0 Å². The van der Waals surface area contributed by atoms with E-state index in [1.165, 1.54) is 19.3 Å². The first kappa shape index (κ1) is 12.6. The third kappa shape index (κ3) is 2.04. The molecule has 0 aromatic carbocycles. The highest BCUT2D eigenvalue weighted by Gasteiger charge is 2.37. The van der Waals surface area contributed by atoms with Crippen LogP contribution >= 0.6 is 0 Å². The van der Waals surface area contributed by atoms with Gasteiger partial charge in [0, 0.05) is 18.7 Å². The highest BCUT2D eigenvalue weighted by molar-refractivity contribution is 5.71. The first-order valence-corrected chi connectivity index (χ1v) is 7.17. The Morgan fingerprint density at radius 3 is 2.79 bits per heavy atom. The maximum Gasteiger partial charge on any atom is 0.160 e. The molecule has 4 nitrogen and oxygen atoms in total. The Balaban J connectivity index is 2.05. The van der Waals surface area contributed by atoms with Crippen LogP contribution in [-0.2, 0) is 6.42 Å². The van der Waals surface area contributed by atoms with Gasteiger partial charge in [-0.3, -0.25) is 0 Å². The molecule has 2 N–H and O–H groups in total. The summed E-state index contributed by atoms with van der Waals surface area (Å²) in [5.74, 6) is 1.15. The van der Waals surface area contributed by atoms with Crippen molar-refractivity contribution in [2.75, 3.05) is 6.54 Å². The maximum atomic E-state index is 5.98. The molecule has 1 fully saturated rings. The van der Waals surface area contributed by atoms with Crippen LogP contribution in [0.4, 0.5) is 0 Å². The average Bonchev–Trinajstić information content (AvgIpc) is 2.71. The molecule has 19 heavy (non-hydrogen) atoms. The zero-order valence-electron chi connectivity index (χ0n) is 11.8. The lowest BCUT2D eigenvalue weighted by molar-refractivity contribution is 0.139. The van der Waals surface area contributed by atoms with Crippen molar-refractivity contribution < 1.29 is 0 Å². The summed E-state index contributed by atoms with van der Waals surface area (Å²) < 4.78 is 2.27. The molecule has 0 bridgehead atoms. The van der Waals surface area contributed by atoms with E-state index in [0.717, 1.165) is 30.0 Å². The molecule has 0 spiro atoms. The van der Waals surface area contributed by atoms with E-state index in [9.17, 15) is 0 Å². The van der Waals surface area contributed by atoms with Crippen molar-refractivity contribution >= 4 is 11.2 Å². The molecule has 1 saturated carbocycles. The molecule has 0 atom stereocenters. The maximum absolute atomic E-state index is 5.98. The summed E-state index contributed by atoms with van der Waals surface area (Å²) in [5.41, 5.74) is 8.27. The van der Waals surface area contributed by atoms with Crippen molar-refractivity contribution in [3.63, 3.8) is 0 Å². The van der Waals surface area contributed by atoms with Gasteiger partial charge in [0.1, 0.15) is 11.3 Å². The van der Waals surface area contributed by atoms with Gasteiger partial charge >= 0.3 is 0 Å². The topological polar surface area (TPSA) is 56.7 Å². The molecule has 0 aliphatic heterocycles. The fraction of sp³-hybridized carbons (Fsp3) is 0.600. The zero-order valence-corrected chi connectivity index (χ0v) is 11.8. The van der Waals surface area contributed by atoms with E-state index in [-0.39, 0.29) is 5.41 Å². The van der Waals surface area contributed by atoms with Crippen LogP contribution in [0.25, 0.3) is 11.2 Å². The molecule has 2 aromatic rings. The quantitative estimate of drug-likeness (QED) is 0.917. The molecule has 2 aromatic heterocycles. The van der Waals surface area contributed by atoms with Crippen molar-refractivity contribution in [1.82, 2.24) is 14.5 Å². The molecule has 1 aliphatic rings. The Morgan fingerprint density at radius 1 is 1.42 bits per heavy atom. The summed E-state index contributed by atoms with van der Waals surface area (Å²) in [4.78, 5) is 9.29. The molecule has 0 unspecified atom stereocenters. The SMILES string of the molecule is CC(C)n1c(CC2(CN)CCC2)nc2cccnc21. The molecule has 4 heteroatoms. The monoisotopic (exact) mass is 258 g/mol. The first-order chi connectivity index (χ1) is 9.15. The zero-order chi connectivity index (χ0) is 13.5. The number of pyridine rings is 1. The van der Waals surface area contributed by atoms with Crippen molar-refractivity contribution in [3.8, 4) is 0 Å². The number of nitrogens with zero attached hydrogens (tertiary/aromatic N) is 3. The van der Waals surface area contributed by atoms with Gasteiger partial charge in [-0.15, -0.1) is 0 Å². The average molecular weight is 258 g/mol. The number of imidazole rings is 1. The molecule has 1 aliphatic carbocycles. The van der Waals surface area contributed by atoms with Crippen LogP contribution in [0.2, 0.25) is 0 Å². The molecule has 3 rings (SSSR count). The third-order valence-corrected chi connectivity index (χ3v) is 4.42. The smallest absolute Gasteiger partial charge is 0.160 e. The van der Waals surface area contributed by atoms with Gasteiger partial charge < -0.3 is 10.3 Å².